The Balaban J connectivity index is 2.77. The molecule has 1 atom stereocenters. The van der Waals surface area contributed by atoms with Crippen LogP contribution in [0.25, 0.3) is 0 Å². The van der Waals surface area contributed by atoms with Gasteiger partial charge in [-0.2, -0.15) is 0 Å². The van der Waals surface area contributed by atoms with E-state index in [0.29, 0.717) is 24.7 Å². The van der Waals surface area contributed by atoms with Crippen molar-refractivity contribution in [3.05, 3.63) is 24.3 Å². The van der Waals surface area contributed by atoms with Gasteiger partial charge in [-0.25, -0.2) is 4.79 Å². The van der Waals surface area contributed by atoms with Gasteiger partial charge in [0.2, 0.25) is 0 Å². The van der Waals surface area contributed by atoms with Crippen LogP contribution in [0.5, 0.6) is 11.5 Å². The van der Waals surface area contributed by atoms with E-state index in [1.165, 1.54) is 7.11 Å². The summed E-state index contributed by atoms with van der Waals surface area (Å²) in [6.07, 6.45) is 0.0350. The zero-order valence-corrected chi connectivity index (χ0v) is 12.0. The molecule has 0 heterocycles. The van der Waals surface area contributed by atoms with Crippen LogP contribution in [0.1, 0.15) is 27.2 Å². The first-order valence-electron chi connectivity index (χ1n) is 6.54. The molecule has 1 aromatic carbocycles. The lowest BCUT2D eigenvalue weighted by molar-refractivity contribution is -0.149. The fourth-order valence-corrected chi connectivity index (χ4v) is 1.72. The molecule has 19 heavy (non-hydrogen) atoms. The molecule has 0 saturated heterocycles. The Kier molecular flexibility index (Phi) is 6.19. The molecule has 0 saturated carbocycles. The summed E-state index contributed by atoms with van der Waals surface area (Å²) < 4.78 is 15.9. The van der Waals surface area contributed by atoms with Gasteiger partial charge in [0.1, 0.15) is 11.5 Å². The minimum Gasteiger partial charge on any atom is -0.494 e. The number of benzene rings is 1. The number of esters is 1. The van der Waals surface area contributed by atoms with Crippen molar-refractivity contribution in [2.75, 3.05) is 13.7 Å². The summed E-state index contributed by atoms with van der Waals surface area (Å²) in [5.74, 6) is 1.34. The smallest absolute Gasteiger partial charge is 0.347 e. The van der Waals surface area contributed by atoms with E-state index in [9.17, 15) is 4.79 Å². The molecule has 4 nitrogen and oxygen atoms in total. The Morgan fingerprint density at radius 3 is 2.53 bits per heavy atom. The van der Waals surface area contributed by atoms with E-state index in [2.05, 4.69) is 0 Å². The maximum atomic E-state index is 11.7. The van der Waals surface area contributed by atoms with Crippen LogP contribution in [0.4, 0.5) is 0 Å². The summed E-state index contributed by atoms with van der Waals surface area (Å²) in [6, 6.07) is 7.27. The van der Waals surface area contributed by atoms with E-state index >= 15 is 0 Å². The largest absolute Gasteiger partial charge is 0.494 e. The molecule has 4 heteroatoms. The van der Waals surface area contributed by atoms with E-state index in [1.54, 1.807) is 12.1 Å². The van der Waals surface area contributed by atoms with Crippen LogP contribution < -0.4 is 9.47 Å². The van der Waals surface area contributed by atoms with Crippen LogP contribution in [0.3, 0.4) is 0 Å². The van der Waals surface area contributed by atoms with Gasteiger partial charge in [0.05, 0.1) is 13.7 Å². The van der Waals surface area contributed by atoms with E-state index in [4.69, 9.17) is 14.2 Å². The molecule has 0 aliphatic heterocycles. The van der Waals surface area contributed by atoms with Gasteiger partial charge < -0.3 is 14.2 Å². The first-order valence-corrected chi connectivity index (χ1v) is 6.54. The molecule has 0 aliphatic rings. The predicted octanol–water partition coefficient (Wildman–Crippen LogP) is 3.05. The molecule has 1 aromatic rings. The number of carbonyl (C=O) groups is 1. The molecule has 0 N–H and O–H groups in total. The third-order valence-corrected chi connectivity index (χ3v) is 2.54. The van der Waals surface area contributed by atoms with Crippen molar-refractivity contribution < 1.29 is 19.0 Å². The second-order valence-electron chi connectivity index (χ2n) is 4.67. The van der Waals surface area contributed by atoms with E-state index < -0.39 is 6.10 Å². The van der Waals surface area contributed by atoms with E-state index in [1.807, 2.05) is 32.9 Å². The summed E-state index contributed by atoms with van der Waals surface area (Å²) in [4.78, 5) is 11.7. The van der Waals surface area contributed by atoms with Crippen LogP contribution in [0.2, 0.25) is 0 Å². The second kappa shape index (κ2) is 7.67. The Hall–Kier alpha value is -1.71. The van der Waals surface area contributed by atoms with Gasteiger partial charge in [0.25, 0.3) is 0 Å². The average molecular weight is 266 g/mol. The van der Waals surface area contributed by atoms with Gasteiger partial charge in [-0.05, 0) is 31.4 Å². The minimum atomic E-state index is -0.582. The maximum absolute atomic E-state index is 11.7. The molecule has 0 aromatic heterocycles. The van der Waals surface area contributed by atoms with Gasteiger partial charge >= 0.3 is 5.97 Å². The number of hydrogen-bond acceptors (Lipinski definition) is 4. The van der Waals surface area contributed by atoms with Crippen molar-refractivity contribution in [3.8, 4) is 11.5 Å². The van der Waals surface area contributed by atoms with Gasteiger partial charge in [-0.3, -0.25) is 0 Å². The Morgan fingerprint density at radius 2 is 1.95 bits per heavy atom. The summed E-state index contributed by atoms with van der Waals surface area (Å²) in [7, 11) is 1.37. The monoisotopic (exact) mass is 266 g/mol. The molecule has 0 unspecified atom stereocenters. The van der Waals surface area contributed by atoms with Crippen LogP contribution in [0, 0.1) is 5.92 Å². The first kappa shape index (κ1) is 15.3. The standard InChI is InChI=1S/C15H22O4/c1-5-18-12-7-6-8-13(10-12)19-14(9-11(2)3)15(16)17-4/h6-8,10-11,14H,5,9H2,1-4H3/t14-/m1/s1. The molecular formula is C15H22O4. The molecule has 106 valence electrons. The quantitative estimate of drug-likeness (QED) is 0.711. The van der Waals surface area contributed by atoms with Gasteiger partial charge in [-0.15, -0.1) is 0 Å². The second-order valence-corrected chi connectivity index (χ2v) is 4.67. The number of carbonyl (C=O) groups excluding carboxylic acids is 1. The van der Waals surface area contributed by atoms with Crippen molar-refractivity contribution in [1.29, 1.82) is 0 Å². The molecule has 0 aliphatic carbocycles. The molecule has 0 fully saturated rings. The Morgan fingerprint density at radius 1 is 1.26 bits per heavy atom. The highest BCUT2D eigenvalue weighted by Gasteiger charge is 2.22. The lowest BCUT2D eigenvalue weighted by Gasteiger charge is -2.19. The van der Waals surface area contributed by atoms with Crippen LogP contribution >= 0.6 is 0 Å². The molecular weight excluding hydrogens is 244 g/mol. The first-order chi connectivity index (χ1) is 9.06. The lowest BCUT2D eigenvalue weighted by atomic mass is 10.1. The summed E-state index contributed by atoms with van der Waals surface area (Å²) >= 11 is 0. The molecule has 0 spiro atoms. The van der Waals surface area contributed by atoms with Crippen molar-refractivity contribution in [3.63, 3.8) is 0 Å². The number of hydrogen-bond donors (Lipinski definition) is 0. The average Bonchev–Trinajstić information content (AvgIpc) is 2.37. The lowest BCUT2D eigenvalue weighted by Crippen LogP contribution is -2.30. The van der Waals surface area contributed by atoms with Crippen molar-refractivity contribution in [1.82, 2.24) is 0 Å². The van der Waals surface area contributed by atoms with E-state index in [0.717, 1.165) is 5.75 Å². The normalized spacial score (nSPS) is 12.1. The van der Waals surface area contributed by atoms with Gasteiger partial charge in [-0.1, -0.05) is 19.9 Å². The van der Waals surface area contributed by atoms with Crippen LogP contribution in [0.15, 0.2) is 24.3 Å². The zero-order chi connectivity index (χ0) is 14.3. The minimum absolute atomic E-state index is 0.346. The van der Waals surface area contributed by atoms with Crippen molar-refractivity contribution in [2.45, 2.75) is 33.3 Å². The maximum Gasteiger partial charge on any atom is 0.347 e. The highest BCUT2D eigenvalue weighted by molar-refractivity contribution is 5.75. The Labute approximate surface area is 114 Å². The summed E-state index contributed by atoms with van der Waals surface area (Å²) in [6.45, 7) is 6.59. The predicted molar refractivity (Wildman–Crippen MR) is 73.5 cm³/mol. The van der Waals surface area contributed by atoms with Crippen molar-refractivity contribution in [2.24, 2.45) is 5.92 Å². The van der Waals surface area contributed by atoms with Gasteiger partial charge in [0, 0.05) is 6.07 Å². The molecule has 0 radical (unpaired) electrons. The molecule has 1 rings (SSSR count). The third-order valence-electron chi connectivity index (χ3n) is 2.54. The number of methoxy groups -OCH3 is 1. The number of rotatable bonds is 7. The van der Waals surface area contributed by atoms with Crippen LogP contribution in [-0.4, -0.2) is 25.8 Å². The van der Waals surface area contributed by atoms with Gasteiger partial charge in [0.15, 0.2) is 6.10 Å². The Bertz CT molecular complexity index is 401. The van der Waals surface area contributed by atoms with E-state index in [-0.39, 0.29) is 5.97 Å². The highest BCUT2D eigenvalue weighted by Crippen LogP contribution is 2.22. The number of ether oxygens (including phenoxy) is 3. The summed E-state index contributed by atoms with van der Waals surface area (Å²) in [5.41, 5.74) is 0. The molecule has 0 bridgehead atoms. The van der Waals surface area contributed by atoms with Crippen LogP contribution in [-0.2, 0) is 9.53 Å². The fourth-order valence-electron chi connectivity index (χ4n) is 1.72. The molecule has 0 amide bonds. The zero-order valence-electron chi connectivity index (χ0n) is 12.0. The fraction of sp³-hybridized carbons (Fsp3) is 0.533. The third kappa shape index (κ3) is 5.20. The summed E-state index contributed by atoms with van der Waals surface area (Å²) in [5, 5.41) is 0. The highest BCUT2D eigenvalue weighted by atomic mass is 16.6. The topological polar surface area (TPSA) is 44.8 Å². The van der Waals surface area contributed by atoms with Crippen molar-refractivity contribution >= 4 is 5.97 Å². The SMILES string of the molecule is CCOc1cccc(O[C@H](CC(C)C)C(=O)OC)c1.